The van der Waals surface area contributed by atoms with Crippen LogP contribution in [0.1, 0.15) is 12.0 Å². The van der Waals surface area contributed by atoms with E-state index in [0.717, 1.165) is 41.8 Å². The number of hydrogen-bond acceptors (Lipinski definition) is 3. The molecule has 102 valence electrons. The van der Waals surface area contributed by atoms with Crippen LogP contribution in [0, 0.1) is 6.92 Å². The highest BCUT2D eigenvalue weighted by Crippen LogP contribution is 2.22. The van der Waals surface area contributed by atoms with E-state index in [1.807, 2.05) is 31.3 Å². The maximum atomic E-state index is 6.11. The fraction of sp³-hybridized carbons (Fsp3) is 0.357. The number of halogens is 1. The molecule has 1 heterocycles. The number of ether oxygens (including phenoxy) is 1. The summed E-state index contributed by atoms with van der Waals surface area (Å²) in [5.74, 6) is 0.816. The second kappa shape index (κ2) is 6.59. The first-order chi connectivity index (χ1) is 9.20. The lowest BCUT2D eigenvalue weighted by Crippen LogP contribution is -2.05. The molecule has 2 aromatic rings. The number of methoxy groups -OCH3 is 1. The van der Waals surface area contributed by atoms with E-state index in [4.69, 9.17) is 16.3 Å². The third kappa shape index (κ3) is 3.72. The van der Waals surface area contributed by atoms with Gasteiger partial charge >= 0.3 is 0 Å². The van der Waals surface area contributed by atoms with E-state index < -0.39 is 0 Å². The Bertz CT molecular complexity index is 539. The number of nitrogens with one attached hydrogen (secondary N) is 1. The van der Waals surface area contributed by atoms with Gasteiger partial charge in [0.15, 0.2) is 0 Å². The summed E-state index contributed by atoms with van der Waals surface area (Å²) in [6.45, 7) is 3.60. The second-order valence-electron chi connectivity index (χ2n) is 4.38. The number of hydrogen-bond donors (Lipinski definition) is 1. The molecular formula is C14H18ClN3O. The van der Waals surface area contributed by atoms with Gasteiger partial charge in [0.2, 0.25) is 5.95 Å². The Morgan fingerprint density at radius 3 is 3.00 bits per heavy atom. The van der Waals surface area contributed by atoms with Gasteiger partial charge in [-0.1, -0.05) is 17.7 Å². The number of aromatic nitrogens is 2. The Morgan fingerprint density at radius 2 is 2.26 bits per heavy atom. The van der Waals surface area contributed by atoms with E-state index in [1.54, 1.807) is 13.3 Å². The molecule has 1 aromatic carbocycles. The summed E-state index contributed by atoms with van der Waals surface area (Å²) in [6, 6.07) is 5.89. The Balaban J connectivity index is 2.06. The lowest BCUT2D eigenvalue weighted by molar-refractivity contribution is 0.190. The van der Waals surface area contributed by atoms with Crippen molar-refractivity contribution >= 4 is 23.2 Å². The van der Waals surface area contributed by atoms with Crippen molar-refractivity contribution in [2.45, 2.75) is 19.9 Å². The summed E-state index contributed by atoms with van der Waals surface area (Å²) in [5, 5.41) is 4.03. The molecule has 0 atom stereocenters. The number of benzene rings is 1. The van der Waals surface area contributed by atoms with Crippen LogP contribution >= 0.6 is 11.6 Å². The van der Waals surface area contributed by atoms with Crippen LogP contribution in [0.3, 0.4) is 0 Å². The molecule has 0 bridgehead atoms. The van der Waals surface area contributed by atoms with Crippen molar-refractivity contribution in [1.29, 1.82) is 0 Å². The highest BCUT2D eigenvalue weighted by molar-refractivity contribution is 6.31. The molecule has 0 saturated carbocycles. The normalized spacial score (nSPS) is 10.7. The Kier molecular flexibility index (Phi) is 4.82. The van der Waals surface area contributed by atoms with E-state index >= 15 is 0 Å². The molecule has 0 radical (unpaired) electrons. The van der Waals surface area contributed by atoms with E-state index in [2.05, 4.69) is 14.9 Å². The van der Waals surface area contributed by atoms with Gasteiger partial charge in [-0.3, -0.25) is 0 Å². The quantitative estimate of drug-likeness (QED) is 0.821. The third-order valence-electron chi connectivity index (χ3n) is 2.89. The molecule has 0 aliphatic rings. The molecular weight excluding hydrogens is 262 g/mol. The lowest BCUT2D eigenvalue weighted by Gasteiger charge is -2.10. The minimum atomic E-state index is 0.744. The van der Waals surface area contributed by atoms with Crippen molar-refractivity contribution in [3.63, 3.8) is 0 Å². The van der Waals surface area contributed by atoms with Gasteiger partial charge in [0.05, 0.1) is 0 Å². The zero-order chi connectivity index (χ0) is 13.7. The molecule has 5 heteroatoms. The van der Waals surface area contributed by atoms with Gasteiger partial charge in [-0.25, -0.2) is 4.98 Å². The van der Waals surface area contributed by atoms with Gasteiger partial charge in [-0.05, 0) is 31.0 Å². The van der Waals surface area contributed by atoms with Crippen molar-refractivity contribution in [2.24, 2.45) is 0 Å². The van der Waals surface area contributed by atoms with Crippen LogP contribution in [0.15, 0.2) is 30.6 Å². The fourth-order valence-electron chi connectivity index (χ4n) is 1.79. The summed E-state index contributed by atoms with van der Waals surface area (Å²) in [6.07, 6.45) is 4.69. The fourth-order valence-corrected chi connectivity index (χ4v) is 1.97. The minimum Gasteiger partial charge on any atom is -0.385 e. The van der Waals surface area contributed by atoms with Crippen LogP contribution in [-0.2, 0) is 11.3 Å². The van der Waals surface area contributed by atoms with Gasteiger partial charge in [0, 0.05) is 43.4 Å². The molecule has 0 aliphatic heterocycles. The topological polar surface area (TPSA) is 39.1 Å². The summed E-state index contributed by atoms with van der Waals surface area (Å²) in [7, 11) is 1.71. The van der Waals surface area contributed by atoms with Crippen LogP contribution in [0.25, 0.3) is 0 Å². The molecule has 1 N–H and O–H groups in total. The number of anilines is 2. The first-order valence-electron chi connectivity index (χ1n) is 6.24. The highest BCUT2D eigenvalue weighted by atomic mass is 35.5. The minimum absolute atomic E-state index is 0.744. The standard InChI is InChI=1S/C14H18ClN3O/c1-11-4-5-12(10-13(11)15)17-14-16-6-8-18(14)7-3-9-19-2/h4-6,8,10H,3,7,9H2,1-2H3,(H,16,17). The number of rotatable bonds is 6. The molecule has 0 spiro atoms. The van der Waals surface area contributed by atoms with Crippen molar-refractivity contribution in [2.75, 3.05) is 19.0 Å². The van der Waals surface area contributed by atoms with Crippen LogP contribution < -0.4 is 5.32 Å². The number of imidazole rings is 1. The van der Waals surface area contributed by atoms with Crippen LogP contribution in [0.5, 0.6) is 0 Å². The molecule has 0 fully saturated rings. The van der Waals surface area contributed by atoms with Crippen molar-refractivity contribution in [1.82, 2.24) is 9.55 Å². The van der Waals surface area contributed by atoms with Gasteiger partial charge in [-0.2, -0.15) is 0 Å². The van der Waals surface area contributed by atoms with Crippen LogP contribution in [0.4, 0.5) is 11.6 Å². The maximum absolute atomic E-state index is 6.11. The van der Waals surface area contributed by atoms with Crippen molar-refractivity contribution in [3.05, 3.63) is 41.2 Å². The first kappa shape index (κ1) is 13.9. The van der Waals surface area contributed by atoms with Gasteiger partial charge in [-0.15, -0.1) is 0 Å². The van der Waals surface area contributed by atoms with E-state index in [-0.39, 0.29) is 0 Å². The molecule has 0 saturated heterocycles. The van der Waals surface area contributed by atoms with E-state index in [1.165, 1.54) is 0 Å². The summed E-state index contributed by atoms with van der Waals surface area (Å²) >= 11 is 6.11. The molecule has 4 nitrogen and oxygen atoms in total. The molecule has 0 amide bonds. The lowest BCUT2D eigenvalue weighted by atomic mass is 10.2. The molecule has 1 aromatic heterocycles. The van der Waals surface area contributed by atoms with Gasteiger partial charge < -0.3 is 14.6 Å². The largest absolute Gasteiger partial charge is 0.385 e. The monoisotopic (exact) mass is 279 g/mol. The Labute approximate surface area is 118 Å². The van der Waals surface area contributed by atoms with Crippen molar-refractivity contribution in [3.8, 4) is 0 Å². The average Bonchev–Trinajstić information content (AvgIpc) is 2.82. The van der Waals surface area contributed by atoms with Gasteiger partial charge in [0.1, 0.15) is 0 Å². The predicted molar refractivity (Wildman–Crippen MR) is 78.2 cm³/mol. The Hall–Kier alpha value is -1.52. The molecule has 0 aliphatic carbocycles. The van der Waals surface area contributed by atoms with Crippen LogP contribution in [-0.4, -0.2) is 23.3 Å². The zero-order valence-corrected chi connectivity index (χ0v) is 11.9. The third-order valence-corrected chi connectivity index (χ3v) is 3.30. The van der Waals surface area contributed by atoms with Crippen molar-refractivity contribution < 1.29 is 4.74 Å². The first-order valence-corrected chi connectivity index (χ1v) is 6.62. The number of aryl methyl sites for hydroxylation is 2. The molecule has 0 unspecified atom stereocenters. The summed E-state index contributed by atoms with van der Waals surface area (Å²) in [4.78, 5) is 4.31. The second-order valence-corrected chi connectivity index (χ2v) is 4.79. The predicted octanol–water partition coefficient (Wildman–Crippen LogP) is 3.63. The smallest absolute Gasteiger partial charge is 0.207 e. The van der Waals surface area contributed by atoms with E-state index in [9.17, 15) is 0 Å². The summed E-state index contributed by atoms with van der Waals surface area (Å²) in [5.41, 5.74) is 2.01. The zero-order valence-electron chi connectivity index (χ0n) is 11.2. The van der Waals surface area contributed by atoms with Gasteiger partial charge in [0.25, 0.3) is 0 Å². The molecule has 2 rings (SSSR count). The molecule has 19 heavy (non-hydrogen) atoms. The summed E-state index contributed by atoms with van der Waals surface area (Å²) < 4.78 is 7.12. The number of nitrogens with zero attached hydrogens (tertiary/aromatic N) is 2. The highest BCUT2D eigenvalue weighted by Gasteiger charge is 2.04. The van der Waals surface area contributed by atoms with E-state index in [0.29, 0.717) is 0 Å². The average molecular weight is 280 g/mol. The SMILES string of the molecule is COCCCn1ccnc1Nc1ccc(C)c(Cl)c1. The van der Waals surface area contributed by atoms with Crippen LogP contribution in [0.2, 0.25) is 5.02 Å². The Morgan fingerprint density at radius 1 is 1.42 bits per heavy atom. The maximum Gasteiger partial charge on any atom is 0.207 e.